The maximum Gasteiger partial charge on any atom is 0.410 e. The van der Waals surface area contributed by atoms with Gasteiger partial charge >= 0.3 is 12.1 Å². The zero-order valence-corrected chi connectivity index (χ0v) is 27.9. The summed E-state index contributed by atoms with van der Waals surface area (Å²) in [6, 6.07) is 4.67. The van der Waals surface area contributed by atoms with E-state index >= 15 is 8.78 Å². The first-order valence-electron chi connectivity index (χ1n) is 14.9. The first-order chi connectivity index (χ1) is 21.8. The lowest BCUT2D eigenvalue weighted by Gasteiger charge is -2.24. The van der Waals surface area contributed by atoms with Gasteiger partial charge in [-0.3, -0.25) is 14.5 Å². The zero-order valence-electron chi connectivity index (χ0n) is 27.0. The number of carbonyl (C=O) groups is 3. The van der Waals surface area contributed by atoms with Gasteiger partial charge in [-0.25, -0.2) is 13.6 Å². The van der Waals surface area contributed by atoms with Gasteiger partial charge in [0.15, 0.2) is 40.4 Å². The van der Waals surface area contributed by atoms with E-state index in [1.807, 2.05) is 0 Å². The summed E-state index contributed by atoms with van der Waals surface area (Å²) in [5, 5.41) is 0.189. The second-order valence-corrected chi connectivity index (χ2v) is 12.9. The Labute approximate surface area is 270 Å². The van der Waals surface area contributed by atoms with Crippen molar-refractivity contribution in [3.05, 3.63) is 45.8 Å². The third kappa shape index (κ3) is 7.80. The van der Waals surface area contributed by atoms with Crippen LogP contribution >= 0.6 is 11.3 Å². The SMILES string of the molecule is CCOC(=O)[C@@H](C)CC(=O)c1cc2c(F)c(OCCCOc3c(OC)cc4c(c3F)CN(C(=O)OC(C)(C)C)C4)c(OC)cc2s1. The number of methoxy groups -OCH3 is 2. The molecule has 250 valence electrons. The van der Waals surface area contributed by atoms with Gasteiger partial charge in [-0.05, 0) is 45.4 Å². The van der Waals surface area contributed by atoms with E-state index in [-0.39, 0.29) is 79.9 Å². The molecule has 2 aromatic carbocycles. The molecule has 1 amide bonds. The number of hydrogen-bond donors (Lipinski definition) is 0. The molecule has 10 nitrogen and oxygen atoms in total. The van der Waals surface area contributed by atoms with Gasteiger partial charge < -0.3 is 28.4 Å². The van der Waals surface area contributed by atoms with Crippen LogP contribution < -0.4 is 18.9 Å². The molecular formula is C33H39F2NO9S. The minimum atomic E-state index is -0.690. The van der Waals surface area contributed by atoms with Crippen LogP contribution in [-0.2, 0) is 27.4 Å². The quantitative estimate of drug-likeness (QED) is 0.108. The van der Waals surface area contributed by atoms with Crippen LogP contribution in [0.4, 0.5) is 13.6 Å². The van der Waals surface area contributed by atoms with Crippen molar-refractivity contribution in [2.24, 2.45) is 5.92 Å². The lowest BCUT2D eigenvalue weighted by atomic mass is 10.0. The van der Waals surface area contributed by atoms with Gasteiger partial charge in [-0.2, -0.15) is 0 Å². The molecule has 46 heavy (non-hydrogen) atoms. The van der Waals surface area contributed by atoms with Crippen molar-refractivity contribution in [3.8, 4) is 23.0 Å². The molecule has 1 atom stereocenters. The Morgan fingerprint density at radius 2 is 1.59 bits per heavy atom. The Kier molecular flexibility index (Phi) is 11.0. The molecule has 1 aromatic heterocycles. The molecule has 0 radical (unpaired) electrons. The maximum atomic E-state index is 15.6. The first-order valence-corrected chi connectivity index (χ1v) is 15.7. The van der Waals surface area contributed by atoms with Gasteiger partial charge in [-0.1, -0.05) is 6.92 Å². The highest BCUT2D eigenvalue weighted by Gasteiger charge is 2.32. The third-order valence-electron chi connectivity index (χ3n) is 7.10. The molecule has 13 heteroatoms. The number of thiophene rings is 1. The fourth-order valence-corrected chi connectivity index (χ4v) is 5.91. The van der Waals surface area contributed by atoms with Crippen molar-refractivity contribution < 1.29 is 51.6 Å². The Bertz CT molecular complexity index is 1620. The van der Waals surface area contributed by atoms with E-state index in [4.69, 9.17) is 28.4 Å². The Balaban J connectivity index is 1.40. The smallest absolute Gasteiger partial charge is 0.410 e. The number of amides is 1. The van der Waals surface area contributed by atoms with Crippen molar-refractivity contribution in [1.82, 2.24) is 4.90 Å². The highest BCUT2D eigenvalue weighted by Crippen LogP contribution is 2.41. The van der Waals surface area contributed by atoms with E-state index in [0.717, 1.165) is 11.3 Å². The number of halogens is 2. The van der Waals surface area contributed by atoms with E-state index in [1.54, 1.807) is 46.8 Å². The molecule has 0 saturated heterocycles. The molecule has 0 fully saturated rings. The van der Waals surface area contributed by atoms with E-state index in [2.05, 4.69) is 0 Å². The van der Waals surface area contributed by atoms with Crippen LogP contribution in [0, 0.1) is 17.6 Å². The van der Waals surface area contributed by atoms with E-state index in [1.165, 1.54) is 25.2 Å². The number of fused-ring (bicyclic) bond motifs is 2. The second-order valence-electron chi connectivity index (χ2n) is 11.8. The fraction of sp³-hybridized carbons (Fsp3) is 0.485. The van der Waals surface area contributed by atoms with Gasteiger partial charge in [0, 0.05) is 41.1 Å². The summed E-state index contributed by atoms with van der Waals surface area (Å²) in [7, 11) is 2.78. The Morgan fingerprint density at radius 1 is 0.957 bits per heavy atom. The van der Waals surface area contributed by atoms with Gasteiger partial charge in [0.2, 0.25) is 0 Å². The standard InChI is InChI=1S/C33H39F2NO9S/c1-8-42-31(38)18(2)12-22(37)26-14-20-25(46-26)15-24(41-7)30(27(20)34)44-11-9-10-43-29-23(40-6)13-19-16-36(17-21(19)28(29)35)32(39)45-33(3,4)5/h13-15,18H,8-12,16-17H2,1-7H3/t18-/m0/s1. The van der Waals surface area contributed by atoms with Crippen molar-refractivity contribution in [3.63, 3.8) is 0 Å². The minimum absolute atomic E-state index is 0.00701. The van der Waals surface area contributed by atoms with E-state index < -0.39 is 35.2 Å². The summed E-state index contributed by atoms with van der Waals surface area (Å²) >= 11 is 1.10. The number of hydrogen-bond acceptors (Lipinski definition) is 10. The molecule has 0 bridgehead atoms. The summed E-state index contributed by atoms with van der Waals surface area (Å²) in [5.74, 6) is -2.61. The number of nitrogens with zero attached hydrogens (tertiary/aromatic N) is 1. The van der Waals surface area contributed by atoms with Crippen LogP contribution in [0.15, 0.2) is 18.2 Å². The third-order valence-corrected chi connectivity index (χ3v) is 8.23. The maximum absolute atomic E-state index is 15.6. The van der Waals surface area contributed by atoms with E-state index in [0.29, 0.717) is 20.7 Å². The number of benzene rings is 2. The lowest BCUT2D eigenvalue weighted by Crippen LogP contribution is -2.33. The molecule has 1 aliphatic heterocycles. The molecule has 0 unspecified atom stereocenters. The van der Waals surface area contributed by atoms with Crippen LogP contribution in [-0.4, -0.2) is 62.4 Å². The summed E-state index contributed by atoms with van der Waals surface area (Å²) in [6.45, 7) is 9.02. The predicted octanol–water partition coefficient (Wildman–Crippen LogP) is 7.07. The topological polar surface area (TPSA) is 110 Å². The van der Waals surface area contributed by atoms with Crippen LogP contribution in [0.3, 0.4) is 0 Å². The molecule has 0 spiro atoms. The van der Waals surface area contributed by atoms with Gasteiger partial charge in [0.05, 0.1) is 51.4 Å². The Morgan fingerprint density at radius 3 is 2.20 bits per heavy atom. The normalized spacial score (nSPS) is 13.3. The molecule has 1 aliphatic rings. The zero-order chi connectivity index (χ0) is 33.8. The molecule has 0 saturated carbocycles. The number of Topliss-reactive ketones (excluding diaryl/α,β-unsaturated/α-hetero) is 1. The Hall–Kier alpha value is -4.13. The van der Waals surface area contributed by atoms with Crippen molar-refractivity contribution in [2.45, 2.75) is 66.2 Å². The molecule has 0 aliphatic carbocycles. The summed E-state index contributed by atoms with van der Waals surface area (Å²) in [6.07, 6.45) is -0.356. The molecule has 0 N–H and O–H groups in total. The average molecular weight is 664 g/mol. The number of ether oxygens (including phenoxy) is 6. The van der Waals surface area contributed by atoms with Crippen LogP contribution in [0.25, 0.3) is 10.1 Å². The van der Waals surface area contributed by atoms with Crippen LogP contribution in [0.5, 0.6) is 23.0 Å². The number of ketones is 1. The minimum Gasteiger partial charge on any atom is -0.493 e. The molecule has 2 heterocycles. The van der Waals surface area contributed by atoms with Crippen molar-refractivity contribution >= 4 is 39.3 Å². The first kappa shape index (κ1) is 34.7. The molecule has 3 aromatic rings. The molecular weight excluding hydrogens is 624 g/mol. The number of esters is 1. The van der Waals surface area contributed by atoms with Gasteiger partial charge in [-0.15, -0.1) is 11.3 Å². The van der Waals surface area contributed by atoms with Crippen LogP contribution in [0.2, 0.25) is 0 Å². The average Bonchev–Trinajstić information content (AvgIpc) is 3.63. The summed E-state index contributed by atoms with van der Waals surface area (Å²) in [4.78, 5) is 39.0. The van der Waals surface area contributed by atoms with Crippen molar-refractivity contribution in [1.29, 1.82) is 0 Å². The predicted molar refractivity (Wildman–Crippen MR) is 167 cm³/mol. The lowest BCUT2D eigenvalue weighted by molar-refractivity contribution is -0.147. The van der Waals surface area contributed by atoms with Crippen LogP contribution in [0.1, 0.15) is 68.3 Å². The number of rotatable bonds is 13. The molecule has 4 rings (SSSR count). The monoisotopic (exact) mass is 663 g/mol. The highest BCUT2D eigenvalue weighted by molar-refractivity contribution is 7.20. The van der Waals surface area contributed by atoms with E-state index in [9.17, 15) is 14.4 Å². The summed E-state index contributed by atoms with van der Waals surface area (Å²) < 4.78 is 64.2. The largest absolute Gasteiger partial charge is 0.493 e. The van der Waals surface area contributed by atoms with Crippen molar-refractivity contribution in [2.75, 3.05) is 34.0 Å². The van der Waals surface area contributed by atoms with Gasteiger partial charge in [0.25, 0.3) is 0 Å². The fourth-order valence-electron chi connectivity index (χ4n) is 4.88. The highest BCUT2D eigenvalue weighted by atomic mass is 32.1. The summed E-state index contributed by atoms with van der Waals surface area (Å²) in [5.41, 5.74) is 0.233. The second kappa shape index (κ2) is 14.5. The number of carbonyl (C=O) groups excluding carboxylic acids is 3. The van der Waals surface area contributed by atoms with Gasteiger partial charge in [0.1, 0.15) is 5.60 Å².